The predicted octanol–water partition coefficient (Wildman–Crippen LogP) is 2.75. The average Bonchev–Trinajstić information content (AvgIpc) is 3.22. The van der Waals surface area contributed by atoms with Gasteiger partial charge in [-0.1, -0.05) is 18.2 Å². The van der Waals surface area contributed by atoms with Gasteiger partial charge in [-0.2, -0.15) is 0 Å². The first-order chi connectivity index (χ1) is 14.2. The summed E-state index contributed by atoms with van der Waals surface area (Å²) in [6, 6.07) is 9.81. The van der Waals surface area contributed by atoms with Crippen molar-refractivity contribution in [3.8, 4) is 0 Å². The third-order valence-corrected chi connectivity index (χ3v) is 5.39. The minimum Gasteiger partial charge on any atom is -0.347 e. The van der Waals surface area contributed by atoms with Crippen LogP contribution in [0.3, 0.4) is 0 Å². The number of nitrogens with zero attached hydrogens (tertiary/aromatic N) is 4. The summed E-state index contributed by atoms with van der Waals surface area (Å²) >= 11 is 0. The van der Waals surface area contributed by atoms with E-state index in [0.717, 1.165) is 16.6 Å². The molecule has 29 heavy (non-hydrogen) atoms. The van der Waals surface area contributed by atoms with E-state index >= 15 is 0 Å². The number of amides is 1. The first-order valence-electron chi connectivity index (χ1n) is 9.73. The predicted molar refractivity (Wildman–Crippen MR) is 107 cm³/mol. The molecule has 0 atom stereocenters. The fourth-order valence-electron chi connectivity index (χ4n) is 3.84. The number of benzene rings is 1. The summed E-state index contributed by atoms with van der Waals surface area (Å²) in [5.74, 6) is -0.0586. The van der Waals surface area contributed by atoms with Crippen molar-refractivity contribution in [2.75, 3.05) is 31.6 Å². The third kappa shape index (κ3) is 3.52. The molecule has 2 aliphatic heterocycles. The molecule has 2 aliphatic rings. The van der Waals surface area contributed by atoms with Crippen molar-refractivity contribution in [3.63, 3.8) is 0 Å². The molecule has 2 fully saturated rings. The molecule has 1 aromatic carbocycles. The lowest BCUT2D eigenvalue weighted by Gasteiger charge is -2.37. The number of pyridine rings is 1. The van der Waals surface area contributed by atoms with E-state index in [2.05, 4.69) is 20.3 Å². The topological polar surface area (TPSA) is 89.5 Å². The van der Waals surface area contributed by atoms with Crippen molar-refractivity contribution < 1.29 is 14.3 Å². The highest BCUT2D eigenvalue weighted by atomic mass is 16.7. The van der Waals surface area contributed by atoms with E-state index in [1.54, 1.807) is 17.3 Å². The lowest BCUT2D eigenvalue weighted by atomic mass is 10.0. The lowest BCUT2D eigenvalue weighted by molar-refractivity contribution is -0.181. The zero-order chi connectivity index (χ0) is 19.7. The van der Waals surface area contributed by atoms with Crippen molar-refractivity contribution in [2.45, 2.75) is 18.6 Å². The number of carbonyl (C=O) groups excluding carboxylic acids is 1. The minimum atomic E-state index is -0.497. The molecule has 0 bridgehead atoms. The summed E-state index contributed by atoms with van der Waals surface area (Å²) < 4.78 is 11.4. The summed E-state index contributed by atoms with van der Waals surface area (Å²) in [7, 11) is 0. The number of nitrogens with one attached hydrogen (secondary N) is 1. The highest BCUT2D eigenvalue weighted by Gasteiger charge is 2.41. The summed E-state index contributed by atoms with van der Waals surface area (Å²) in [5.41, 5.74) is 2.03. The Morgan fingerprint density at radius 1 is 1.00 bits per heavy atom. The molecule has 4 heterocycles. The normalized spacial score (nSPS) is 18.3. The van der Waals surface area contributed by atoms with Gasteiger partial charge in [-0.05, 0) is 12.1 Å². The van der Waals surface area contributed by atoms with Gasteiger partial charge in [-0.3, -0.25) is 9.78 Å². The quantitative estimate of drug-likeness (QED) is 0.734. The van der Waals surface area contributed by atoms with Crippen molar-refractivity contribution >= 4 is 28.3 Å². The molecule has 0 aliphatic carbocycles. The maximum atomic E-state index is 12.8. The number of fused-ring (bicyclic) bond motifs is 1. The molecule has 0 saturated carbocycles. The number of carbonyl (C=O) groups is 1. The van der Waals surface area contributed by atoms with Gasteiger partial charge in [0.05, 0.1) is 36.8 Å². The number of rotatable bonds is 3. The molecular weight excluding hydrogens is 370 g/mol. The van der Waals surface area contributed by atoms with Crippen molar-refractivity contribution in [1.29, 1.82) is 0 Å². The Balaban J connectivity index is 1.27. The van der Waals surface area contributed by atoms with Crippen LogP contribution in [-0.2, 0) is 9.47 Å². The van der Waals surface area contributed by atoms with E-state index in [0.29, 0.717) is 50.7 Å². The van der Waals surface area contributed by atoms with Gasteiger partial charge in [0.2, 0.25) is 0 Å². The summed E-state index contributed by atoms with van der Waals surface area (Å²) in [6.45, 7) is 2.42. The Bertz CT molecular complexity index is 1020. The maximum absolute atomic E-state index is 12.8. The first kappa shape index (κ1) is 18.0. The van der Waals surface area contributed by atoms with Crippen LogP contribution in [0.5, 0.6) is 0 Å². The van der Waals surface area contributed by atoms with Crippen LogP contribution in [0.4, 0.5) is 11.5 Å². The minimum absolute atomic E-state index is 0.122. The SMILES string of the molecule is O=C(c1cnc(Nc2cccc3cccnc23)cn1)N1CCC2(CC1)OCCO2. The van der Waals surface area contributed by atoms with Crippen LogP contribution in [0.15, 0.2) is 48.9 Å². The summed E-state index contributed by atoms with van der Waals surface area (Å²) in [5, 5.41) is 4.27. The van der Waals surface area contributed by atoms with Gasteiger partial charge < -0.3 is 19.7 Å². The molecular formula is C21H21N5O3. The Morgan fingerprint density at radius 3 is 2.55 bits per heavy atom. The second-order valence-corrected chi connectivity index (χ2v) is 7.19. The van der Waals surface area contributed by atoms with E-state index in [1.807, 2.05) is 30.3 Å². The monoisotopic (exact) mass is 391 g/mol. The Labute approximate surface area is 167 Å². The average molecular weight is 391 g/mol. The smallest absolute Gasteiger partial charge is 0.274 e. The number of hydrogen-bond donors (Lipinski definition) is 1. The Kier molecular flexibility index (Phi) is 4.57. The van der Waals surface area contributed by atoms with E-state index in [-0.39, 0.29) is 5.91 Å². The molecule has 1 amide bonds. The van der Waals surface area contributed by atoms with Gasteiger partial charge in [0.1, 0.15) is 11.5 Å². The zero-order valence-electron chi connectivity index (χ0n) is 15.9. The van der Waals surface area contributed by atoms with Gasteiger partial charge in [0.25, 0.3) is 5.91 Å². The number of likely N-dealkylation sites (tertiary alicyclic amines) is 1. The lowest BCUT2D eigenvalue weighted by Crippen LogP contribution is -2.47. The molecule has 2 saturated heterocycles. The van der Waals surface area contributed by atoms with Gasteiger partial charge in [-0.25, -0.2) is 9.97 Å². The molecule has 1 N–H and O–H groups in total. The van der Waals surface area contributed by atoms with E-state index in [4.69, 9.17) is 9.47 Å². The number of para-hydroxylation sites is 1. The molecule has 8 nitrogen and oxygen atoms in total. The highest BCUT2D eigenvalue weighted by Crippen LogP contribution is 2.31. The van der Waals surface area contributed by atoms with Crippen LogP contribution in [0.1, 0.15) is 23.3 Å². The summed E-state index contributed by atoms with van der Waals surface area (Å²) in [6.07, 6.45) is 6.20. The van der Waals surface area contributed by atoms with Crippen molar-refractivity contribution in [1.82, 2.24) is 19.9 Å². The standard InChI is InChI=1S/C21H21N5O3/c27-20(26-9-6-21(7-10-26)28-11-12-29-21)17-13-24-18(14-23-17)25-16-5-1-3-15-4-2-8-22-19(15)16/h1-5,8,13-14H,6-7,9-12H2,(H,24,25). The number of anilines is 2. The first-order valence-corrected chi connectivity index (χ1v) is 9.73. The third-order valence-electron chi connectivity index (χ3n) is 5.39. The number of ether oxygens (including phenoxy) is 2. The largest absolute Gasteiger partial charge is 0.347 e. The second kappa shape index (κ2) is 7.38. The van der Waals surface area contributed by atoms with Crippen LogP contribution in [0.2, 0.25) is 0 Å². The summed E-state index contributed by atoms with van der Waals surface area (Å²) in [4.78, 5) is 27.7. The maximum Gasteiger partial charge on any atom is 0.274 e. The van der Waals surface area contributed by atoms with Gasteiger partial charge >= 0.3 is 0 Å². The molecule has 8 heteroatoms. The Morgan fingerprint density at radius 2 is 1.79 bits per heavy atom. The molecule has 3 aromatic rings. The molecule has 0 radical (unpaired) electrons. The van der Waals surface area contributed by atoms with E-state index < -0.39 is 5.79 Å². The number of piperidine rings is 1. The highest BCUT2D eigenvalue weighted by molar-refractivity contribution is 5.93. The number of aromatic nitrogens is 3. The molecule has 2 aromatic heterocycles. The van der Waals surface area contributed by atoms with Gasteiger partial charge in [-0.15, -0.1) is 0 Å². The zero-order valence-corrected chi connectivity index (χ0v) is 15.9. The van der Waals surface area contributed by atoms with Gasteiger partial charge in [0.15, 0.2) is 5.79 Å². The van der Waals surface area contributed by atoms with Crippen LogP contribution in [-0.4, -0.2) is 57.8 Å². The Hall–Kier alpha value is -3.10. The molecule has 0 unspecified atom stereocenters. The van der Waals surface area contributed by atoms with Crippen LogP contribution >= 0.6 is 0 Å². The molecule has 5 rings (SSSR count). The van der Waals surface area contributed by atoms with Crippen LogP contribution < -0.4 is 5.32 Å². The van der Waals surface area contributed by atoms with E-state index in [9.17, 15) is 4.79 Å². The molecule has 148 valence electrons. The fourth-order valence-corrected chi connectivity index (χ4v) is 3.84. The van der Waals surface area contributed by atoms with Gasteiger partial charge in [0, 0.05) is 37.5 Å². The second-order valence-electron chi connectivity index (χ2n) is 7.19. The molecule has 1 spiro atoms. The van der Waals surface area contributed by atoms with E-state index in [1.165, 1.54) is 6.20 Å². The van der Waals surface area contributed by atoms with Crippen LogP contribution in [0.25, 0.3) is 10.9 Å². The van der Waals surface area contributed by atoms with Crippen LogP contribution in [0, 0.1) is 0 Å². The van der Waals surface area contributed by atoms with Crippen molar-refractivity contribution in [2.24, 2.45) is 0 Å². The van der Waals surface area contributed by atoms with Crippen molar-refractivity contribution in [3.05, 3.63) is 54.6 Å². The number of hydrogen-bond acceptors (Lipinski definition) is 7. The fraction of sp³-hybridized carbons (Fsp3) is 0.333.